The van der Waals surface area contributed by atoms with Crippen molar-refractivity contribution in [3.8, 4) is 0 Å². The highest BCUT2D eigenvalue weighted by atomic mass is 127. The van der Waals surface area contributed by atoms with Gasteiger partial charge in [0.15, 0.2) is 5.96 Å². The van der Waals surface area contributed by atoms with Gasteiger partial charge in [0, 0.05) is 64.4 Å². The van der Waals surface area contributed by atoms with E-state index >= 15 is 0 Å². The number of piperazine rings is 1. The van der Waals surface area contributed by atoms with Crippen molar-refractivity contribution in [2.45, 2.75) is 72.5 Å². The number of nitrogens with one attached hydrogen (secondary N) is 1. The number of likely N-dealkylation sites (tertiary alicyclic amines) is 1. The molecule has 0 aromatic heterocycles. The molecule has 7 nitrogen and oxygen atoms in total. The molecule has 2 aliphatic heterocycles. The first-order valence-electron chi connectivity index (χ1n) is 11.7. The van der Waals surface area contributed by atoms with Crippen molar-refractivity contribution in [3.63, 3.8) is 0 Å². The Morgan fingerprint density at radius 1 is 0.933 bits per heavy atom. The van der Waals surface area contributed by atoms with E-state index in [9.17, 15) is 4.79 Å². The lowest BCUT2D eigenvalue weighted by Crippen LogP contribution is -2.57. The minimum absolute atomic E-state index is 0. The van der Waals surface area contributed by atoms with Gasteiger partial charge in [0.05, 0.1) is 12.6 Å². The van der Waals surface area contributed by atoms with Crippen molar-refractivity contribution in [2.24, 2.45) is 4.99 Å². The number of amides is 1. The first-order chi connectivity index (χ1) is 13.8. The van der Waals surface area contributed by atoms with Crippen molar-refractivity contribution in [3.05, 3.63) is 0 Å². The summed E-state index contributed by atoms with van der Waals surface area (Å²) in [6.07, 6.45) is 2.31. The molecule has 2 rings (SSSR count). The Labute approximate surface area is 201 Å². The van der Waals surface area contributed by atoms with Crippen LogP contribution < -0.4 is 5.32 Å². The van der Waals surface area contributed by atoms with Crippen molar-refractivity contribution >= 4 is 35.8 Å². The van der Waals surface area contributed by atoms with Crippen LogP contribution in [-0.2, 0) is 4.79 Å². The zero-order valence-electron chi connectivity index (χ0n) is 20.1. The molecule has 176 valence electrons. The number of carbonyl (C=O) groups is 1. The summed E-state index contributed by atoms with van der Waals surface area (Å²) < 4.78 is 0. The molecule has 0 bridgehead atoms. The monoisotopic (exact) mass is 536 g/mol. The Hall–Kier alpha value is -0.610. The summed E-state index contributed by atoms with van der Waals surface area (Å²) in [5, 5.41) is 3.46. The highest BCUT2D eigenvalue weighted by Crippen LogP contribution is 2.14. The maximum Gasteiger partial charge on any atom is 0.239 e. The fourth-order valence-electron chi connectivity index (χ4n) is 4.49. The molecule has 30 heavy (non-hydrogen) atoms. The summed E-state index contributed by atoms with van der Waals surface area (Å²) in [6.45, 7) is 21.4. The van der Waals surface area contributed by atoms with Gasteiger partial charge in [-0.3, -0.25) is 19.6 Å². The molecular formula is C22H45IN6O. The minimum Gasteiger partial charge on any atom is -0.357 e. The van der Waals surface area contributed by atoms with Gasteiger partial charge in [-0.1, -0.05) is 0 Å². The van der Waals surface area contributed by atoms with E-state index in [1.807, 2.05) is 4.90 Å². The van der Waals surface area contributed by atoms with E-state index in [0.29, 0.717) is 18.0 Å². The van der Waals surface area contributed by atoms with E-state index in [0.717, 1.165) is 77.7 Å². The molecule has 2 saturated heterocycles. The van der Waals surface area contributed by atoms with Crippen LogP contribution in [0.3, 0.4) is 0 Å². The molecule has 1 amide bonds. The number of hydrogen-bond donors (Lipinski definition) is 1. The smallest absolute Gasteiger partial charge is 0.239 e. The first-order valence-corrected chi connectivity index (χ1v) is 11.7. The van der Waals surface area contributed by atoms with Crippen molar-refractivity contribution in [1.29, 1.82) is 0 Å². The fourth-order valence-corrected chi connectivity index (χ4v) is 4.49. The second kappa shape index (κ2) is 13.7. The standard InChI is InChI=1S/C22H44N6O.HI/c1-7-23-22(24-10-13-28(18(2)3)19(4)5)27-16-14-25(15-17-27)20(6)21(29)26-11-8-9-12-26;/h18-20H,7-17H2,1-6H3,(H,23,24);1H. The van der Waals surface area contributed by atoms with Gasteiger partial charge in [-0.15, -0.1) is 24.0 Å². The Bertz CT molecular complexity index is 520. The molecule has 1 N–H and O–H groups in total. The summed E-state index contributed by atoms with van der Waals surface area (Å²) in [4.78, 5) is 26.8. The lowest BCUT2D eigenvalue weighted by molar-refractivity contribution is -0.135. The molecule has 0 aromatic carbocycles. The second-order valence-corrected chi connectivity index (χ2v) is 8.89. The van der Waals surface area contributed by atoms with E-state index in [2.05, 4.69) is 61.6 Å². The van der Waals surface area contributed by atoms with Gasteiger partial charge >= 0.3 is 0 Å². The molecule has 0 spiro atoms. The van der Waals surface area contributed by atoms with Gasteiger partial charge < -0.3 is 15.1 Å². The van der Waals surface area contributed by atoms with Crippen molar-refractivity contribution in [1.82, 2.24) is 24.9 Å². The van der Waals surface area contributed by atoms with Gasteiger partial charge in [0.1, 0.15) is 0 Å². The predicted octanol–water partition coefficient (Wildman–Crippen LogP) is 2.32. The van der Waals surface area contributed by atoms with Crippen LogP contribution in [0.5, 0.6) is 0 Å². The number of carbonyl (C=O) groups excluding carboxylic acids is 1. The van der Waals surface area contributed by atoms with Gasteiger partial charge in [-0.25, -0.2) is 0 Å². The Morgan fingerprint density at radius 3 is 2.00 bits per heavy atom. The second-order valence-electron chi connectivity index (χ2n) is 8.89. The van der Waals surface area contributed by atoms with Crippen LogP contribution in [0, 0.1) is 0 Å². The predicted molar refractivity (Wildman–Crippen MR) is 137 cm³/mol. The van der Waals surface area contributed by atoms with Crippen LogP contribution >= 0.6 is 24.0 Å². The third kappa shape index (κ3) is 7.82. The van der Waals surface area contributed by atoms with Gasteiger partial charge in [0.25, 0.3) is 0 Å². The van der Waals surface area contributed by atoms with Crippen LogP contribution in [0.1, 0.15) is 54.4 Å². The minimum atomic E-state index is -0.0135. The summed E-state index contributed by atoms with van der Waals surface area (Å²) in [5.74, 6) is 1.32. The van der Waals surface area contributed by atoms with E-state index in [4.69, 9.17) is 4.99 Å². The fraction of sp³-hybridized carbons (Fsp3) is 0.909. The molecule has 2 fully saturated rings. The molecule has 8 heteroatoms. The van der Waals surface area contributed by atoms with Crippen molar-refractivity contribution < 1.29 is 4.79 Å². The first kappa shape index (κ1) is 27.4. The summed E-state index contributed by atoms with van der Waals surface area (Å²) >= 11 is 0. The Balaban J connectivity index is 0.00000450. The molecule has 0 aliphatic carbocycles. The normalized spacial score (nSPS) is 19.6. The van der Waals surface area contributed by atoms with E-state index in [1.165, 1.54) is 0 Å². The van der Waals surface area contributed by atoms with Crippen LogP contribution in [0.2, 0.25) is 0 Å². The van der Waals surface area contributed by atoms with Crippen LogP contribution in [0.25, 0.3) is 0 Å². The SMILES string of the molecule is CCNC(=NCCN(C(C)C)C(C)C)N1CCN(C(C)C(=O)N2CCCC2)CC1.I. The maximum atomic E-state index is 12.7. The molecule has 0 radical (unpaired) electrons. The molecule has 1 unspecified atom stereocenters. The number of aliphatic imine (C=N–C) groups is 1. The van der Waals surface area contributed by atoms with Gasteiger partial charge in [-0.05, 0) is 54.4 Å². The van der Waals surface area contributed by atoms with Crippen LogP contribution in [-0.4, -0.2) is 108 Å². The highest BCUT2D eigenvalue weighted by molar-refractivity contribution is 14.0. The molecule has 0 aromatic rings. The molecule has 1 atom stereocenters. The molecule has 2 aliphatic rings. The maximum absolute atomic E-state index is 12.7. The molecule has 0 saturated carbocycles. The number of halogens is 1. The largest absolute Gasteiger partial charge is 0.357 e. The lowest BCUT2D eigenvalue weighted by Gasteiger charge is -2.39. The van der Waals surface area contributed by atoms with Crippen LogP contribution in [0.4, 0.5) is 0 Å². The third-order valence-corrected chi connectivity index (χ3v) is 6.22. The third-order valence-electron chi connectivity index (χ3n) is 6.22. The summed E-state index contributed by atoms with van der Waals surface area (Å²) in [6, 6.07) is 1.05. The topological polar surface area (TPSA) is 54.4 Å². The Morgan fingerprint density at radius 2 is 1.50 bits per heavy atom. The van der Waals surface area contributed by atoms with Crippen molar-refractivity contribution in [2.75, 3.05) is 58.9 Å². The van der Waals surface area contributed by atoms with E-state index in [-0.39, 0.29) is 30.0 Å². The number of rotatable bonds is 8. The van der Waals surface area contributed by atoms with Gasteiger partial charge in [0.2, 0.25) is 5.91 Å². The summed E-state index contributed by atoms with van der Waals surface area (Å²) in [7, 11) is 0. The van der Waals surface area contributed by atoms with Crippen LogP contribution in [0.15, 0.2) is 4.99 Å². The zero-order valence-corrected chi connectivity index (χ0v) is 22.4. The molecular weight excluding hydrogens is 491 g/mol. The van der Waals surface area contributed by atoms with E-state index in [1.54, 1.807) is 0 Å². The van der Waals surface area contributed by atoms with E-state index < -0.39 is 0 Å². The quantitative estimate of drug-likeness (QED) is 0.293. The molecule has 2 heterocycles. The highest BCUT2D eigenvalue weighted by Gasteiger charge is 2.30. The number of guanidine groups is 1. The Kier molecular flexibility index (Phi) is 12.5. The summed E-state index contributed by atoms with van der Waals surface area (Å²) in [5.41, 5.74) is 0. The van der Waals surface area contributed by atoms with Gasteiger partial charge in [-0.2, -0.15) is 0 Å². The average Bonchev–Trinajstić information content (AvgIpc) is 3.23. The number of hydrogen-bond acceptors (Lipinski definition) is 4. The lowest BCUT2D eigenvalue weighted by atomic mass is 10.2. The number of nitrogens with zero attached hydrogens (tertiary/aromatic N) is 5. The average molecular weight is 537 g/mol. The zero-order chi connectivity index (χ0) is 21.4.